The van der Waals surface area contributed by atoms with E-state index in [-0.39, 0.29) is 0 Å². The topological polar surface area (TPSA) is 27.0 Å². The van der Waals surface area contributed by atoms with E-state index < -0.39 is 0 Å². The summed E-state index contributed by atoms with van der Waals surface area (Å²) in [6.07, 6.45) is 7.86. The van der Waals surface area contributed by atoms with Crippen LogP contribution in [0.2, 0.25) is 0 Å². The lowest BCUT2D eigenvalue weighted by Crippen LogP contribution is -2.18. The largest absolute Gasteiger partial charge is 0.361 e. The fourth-order valence-corrected chi connectivity index (χ4v) is 0.715. The summed E-state index contributed by atoms with van der Waals surface area (Å²) in [5.74, 6) is 0. The lowest BCUT2D eigenvalue weighted by Gasteiger charge is -2.15. The molecule has 2 heteroatoms. The minimum absolute atomic E-state index is 0.487. The minimum Gasteiger partial charge on any atom is -0.361 e. The van der Waals surface area contributed by atoms with Gasteiger partial charge in [-0.15, -0.1) is 0 Å². The fraction of sp³-hybridized carbons (Fsp3) is 0.286. The van der Waals surface area contributed by atoms with Gasteiger partial charge in [0.25, 0.3) is 0 Å². The molecule has 0 atom stereocenters. The summed E-state index contributed by atoms with van der Waals surface area (Å²) < 4.78 is 0. The first-order valence-electron chi connectivity index (χ1n) is 2.88. The quantitative estimate of drug-likeness (QED) is 0.480. The Kier molecular flexibility index (Phi) is 1.92. The van der Waals surface area contributed by atoms with Gasteiger partial charge in [0.05, 0.1) is 6.07 Å². The molecule has 9 heavy (non-hydrogen) atoms. The molecule has 0 fully saturated rings. The van der Waals surface area contributed by atoms with E-state index >= 15 is 0 Å². The fourth-order valence-electron chi connectivity index (χ4n) is 0.715. The molecule has 46 valence electrons. The van der Waals surface area contributed by atoms with Crippen molar-refractivity contribution in [3.8, 4) is 6.07 Å². The van der Waals surface area contributed by atoms with Crippen LogP contribution >= 0.6 is 0 Å². The molecule has 0 aromatic heterocycles. The highest BCUT2D eigenvalue weighted by atomic mass is 15.1. The second-order valence-corrected chi connectivity index (χ2v) is 1.86. The molecule has 1 aliphatic rings. The van der Waals surface area contributed by atoms with Crippen LogP contribution in [0.5, 0.6) is 0 Å². The van der Waals surface area contributed by atoms with Crippen LogP contribution in [0.3, 0.4) is 0 Å². The molecular formula is C7H8N2. The van der Waals surface area contributed by atoms with Crippen LogP contribution in [0.1, 0.15) is 0 Å². The molecule has 0 bridgehead atoms. The summed E-state index contributed by atoms with van der Waals surface area (Å²) in [5, 5.41) is 8.27. The van der Waals surface area contributed by atoms with Crippen molar-refractivity contribution in [1.29, 1.82) is 5.26 Å². The van der Waals surface area contributed by atoms with Crippen molar-refractivity contribution in [2.75, 3.05) is 13.1 Å². The maximum atomic E-state index is 8.27. The van der Waals surface area contributed by atoms with Gasteiger partial charge in [-0.05, 0) is 6.08 Å². The standard InChI is InChI=1S/C7H8N2/c8-4-7-9-5-2-1-3-6-9/h1-3,5H,6-7H2. The van der Waals surface area contributed by atoms with E-state index in [1.165, 1.54) is 0 Å². The molecule has 0 aliphatic carbocycles. The molecule has 1 rings (SSSR count). The number of hydrogen-bond donors (Lipinski definition) is 0. The van der Waals surface area contributed by atoms with Crippen LogP contribution in [-0.4, -0.2) is 18.0 Å². The minimum atomic E-state index is 0.487. The van der Waals surface area contributed by atoms with Gasteiger partial charge in [0, 0.05) is 12.7 Å². The Morgan fingerprint density at radius 1 is 1.56 bits per heavy atom. The monoisotopic (exact) mass is 120 g/mol. The predicted molar refractivity (Wildman–Crippen MR) is 35.5 cm³/mol. The Labute approximate surface area is 54.7 Å². The van der Waals surface area contributed by atoms with Crippen molar-refractivity contribution in [3.05, 3.63) is 24.4 Å². The molecule has 0 saturated heterocycles. The Morgan fingerprint density at radius 2 is 2.44 bits per heavy atom. The Morgan fingerprint density at radius 3 is 3.00 bits per heavy atom. The average molecular weight is 120 g/mol. The van der Waals surface area contributed by atoms with E-state index in [0.717, 1.165) is 6.54 Å². The van der Waals surface area contributed by atoms with Gasteiger partial charge in [0.15, 0.2) is 0 Å². The lowest BCUT2D eigenvalue weighted by molar-refractivity contribution is 0.462. The molecule has 2 nitrogen and oxygen atoms in total. The summed E-state index contributed by atoms with van der Waals surface area (Å²) in [6, 6.07) is 2.08. The second kappa shape index (κ2) is 2.93. The third-order valence-electron chi connectivity index (χ3n) is 1.16. The lowest BCUT2D eigenvalue weighted by atomic mass is 10.3. The second-order valence-electron chi connectivity index (χ2n) is 1.86. The highest BCUT2D eigenvalue weighted by molar-refractivity contribution is 5.09. The molecule has 0 spiro atoms. The van der Waals surface area contributed by atoms with Gasteiger partial charge in [0.1, 0.15) is 6.54 Å². The zero-order valence-electron chi connectivity index (χ0n) is 5.12. The number of nitrogens with zero attached hydrogens (tertiary/aromatic N) is 2. The summed E-state index contributed by atoms with van der Waals surface area (Å²) >= 11 is 0. The van der Waals surface area contributed by atoms with Crippen LogP contribution in [0.25, 0.3) is 0 Å². The van der Waals surface area contributed by atoms with Gasteiger partial charge in [-0.25, -0.2) is 0 Å². The molecule has 0 unspecified atom stereocenters. The van der Waals surface area contributed by atoms with Gasteiger partial charge >= 0.3 is 0 Å². The third-order valence-corrected chi connectivity index (χ3v) is 1.16. The van der Waals surface area contributed by atoms with E-state index in [1.54, 1.807) is 0 Å². The SMILES string of the molecule is N#CCN1C=CC=CC1. The summed E-state index contributed by atoms with van der Waals surface area (Å²) in [4.78, 5) is 1.94. The van der Waals surface area contributed by atoms with Crippen molar-refractivity contribution < 1.29 is 0 Å². The van der Waals surface area contributed by atoms with Gasteiger partial charge in [-0.1, -0.05) is 12.2 Å². The van der Waals surface area contributed by atoms with E-state index in [4.69, 9.17) is 5.26 Å². The van der Waals surface area contributed by atoms with E-state index in [1.807, 2.05) is 29.3 Å². The van der Waals surface area contributed by atoms with Crippen LogP contribution in [0, 0.1) is 11.3 Å². The number of nitriles is 1. The maximum absolute atomic E-state index is 8.27. The highest BCUT2D eigenvalue weighted by Gasteiger charge is 1.95. The van der Waals surface area contributed by atoms with Crippen LogP contribution in [0.15, 0.2) is 24.4 Å². The van der Waals surface area contributed by atoms with Crippen molar-refractivity contribution in [2.45, 2.75) is 0 Å². The molecule has 1 aliphatic heterocycles. The van der Waals surface area contributed by atoms with Gasteiger partial charge in [0.2, 0.25) is 0 Å². The number of hydrogen-bond acceptors (Lipinski definition) is 2. The molecule has 0 N–H and O–H groups in total. The molecule has 0 saturated carbocycles. The van der Waals surface area contributed by atoms with Gasteiger partial charge in [-0.2, -0.15) is 5.26 Å². The zero-order valence-corrected chi connectivity index (χ0v) is 5.12. The Bertz CT molecular complexity index is 174. The van der Waals surface area contributed by atoms with Crippen molar-refractivity contribution in [2.24, 2.45) is 0 Å². The van der Waals surface area contributed by atoms with Crippen molar-refractivity contribution >= 4 is 0 Å². The van der Waals surface area contributed by atoms with Crippen LogP contribution < -0.4 is 0 Å². The summed E-state index contributed by atoms with van der Waals surface area (Å²) in [7, 11) is 0. The van der Waals surface area contributed by atoms with E-state index in [9.17, 15) is 0 Å². The van der Waals surface area contributed by atoms with E-state index in [2.05, 4.69) is 6.07 Å². The van der Waals surface area contributed by atoms with Gasteiger partial charge in [-0.3, -0.25) is 0 Å². The number of rotatable bonds is 1. The molecule has 0 radical (unpaired) electrons. The molecular weight excluding hydrogens is 112 g/mol. The van der Waals surface area contributed by atoms with Crippen molar-refractivity contribution in [1.82, 2.24) is 4.90 Å². The Balaban J connectivity index is 2.39. The first kappa shape index (κ1) is 5.90. The maximum Gasteiger partial charge on any atom is 0.105 e. The summed E-state index contributed by atoms with van der Waals surface area (Å²) in [6.45, 7) is 1.35. The first-order valence-corrected chi connectivity index (χ1v) is 2.88. The van der Waals surface area contributed by atoms with E-state index in [0.29, 0.717) is 6.54 Å². The van der Waals surface area contributed by atoms with Crippen LogP contribution in [0.4, 0.5) is 0 Å². The molecule has 0 aromatic carbocycles. The first-order chi connectivity index (χ1) is 4.43. The predicted octanol–water partition coefficient (Wildman–Crippen LogP) is 0.895. The van der Waals surface area contributed by atoms with Crippen molar-refractivity contribution in [3.63, 3.8) is 0 Å². The van der Waals surface area contributed by atoms with Crippen LogP contribution in [-0.2, 0) is 0 Å². The number of allylic oxidation sites excluding steroid dienone is 2. The molecule has 1 heterocycles. The normalized spacial score (nSPS) is 15.7. The van der Waals surface area contributed by atoms with Gasteiger partial charge < -0.3 is 4.90 Å². The highest BCUT2D eigenvalue weighted by Crippen LogP contribution is 1.95. The molecule has 0 amide bonds. The Hall–Kier alpha value is -1.23. The molecule has 0 aromatic rings. The summed E-state index contributed by atoms with van der Waals surface area (Å²) in [5.41, 5.74) is 0. The smallest absolute Gasteiger partial charge is 0.105 e. The zero-order chi connectivity index (χ0) is 6.53. The third kappa shape index (κ3) is 1.61. The average Bonchev–Trinajstić information content (AvgIpc) is 1.91.